The third-order valence-electron chi connectivity index (χ3n) is 6.29. The molecule has 5 rings (SSSR count). The quantitative estimate of drug-likeness (QED) is 0.595. The fraction of sp³-hybridized carbons (Fsp3) is 0.348. The number of carbonyl (C=O) groups excluding carboxylic acids is 2. The molecule has 2 saturated heterocycles. The van der Waals surface area contributed by atoms with Crippen LogP contribution in [0, 0.1) is 17.0 Å². The zero-order valence-corrected chi connectivity index (χ0v) is 18.3. The lowest BCUT2D eigenvalue weighted by atomic mass is 9.85. The normalized spacial score (nSPS) is 17.8. The molecule has 0 radical (unpaired) electrons. The molecule has 172 valence electrons. The number of aromatic amines is 1. The minimum atomic E-state index is -1.03. The molecule has 1 aromatic carbocycles. The van der Waals surface area contributed by atoms with E-state index in [1.54, 1.807) is 17.0 Å². The maximum absolute atomic E-state index is 14.4. The third kappa shape index (κ3) is 4.30. The molecule has 4 heterocycles. The van der Waals surface area contributed by atoms with Crippen molar-refractivity contribution in [1.82, 2.24) is 20.2 Å². The Morgan fingerprint density at radius 3 is 2.79 bits per heavy atom. The first-order chi connectivity index (χ1) is 15.8. The van der Waals surface area contributed by atoms with Gasteiger partial charge >= 0.3 is 0 Å². The van der Waals surface area contributed by atoms with Crippen molar-refractivity contribution in [3.63, 3.8) is 0 Å². The first-order valence-electron chi connectivity index (χ1n) is 10.6. The molecule has 3 aromatic rings. The van der Waals surface area contributed by atoms with E-state index < -0.39 is 23.6 Å². The molecular formula is C23H21ClF2N4O3. The Hall–Kier alpha value is -3.04. The summed E-state index contributed by atoms with van der Waals surface area (Å²) in [7, 11) is 0. The summed E-state index contributed by atoms with van der Waals surface area (Å²) < 4.78 is 33.0. The Labute approximate surface area is 193 Å². The van der Waals surface area contributed by atoms with Crippen LogP contribution in [-0.2, 0) is 16.0 Å². The van der Waals surface area contributed by atoms with E-state index >= 15 is 0 Å². The van der Waals surface area contributed by atoms with Crippen LogP contribution in [0.2, 0.25) is 5.02 Å². The van der Waals surface area contributed by atoms with Crippen LogP contribution in [0.1, 0.15) is 22.5 Å². The van der Waals surface area contributed by atoms with E-state index in [1.165, 1.54) is 12.3 Å². The lowest BCUT2D eigenvalue weighted by molar-refractivity contribution is -0.136. The van der Waals surface area contributed by atoms with E-state index in [-0.39, 0.29) is 29.0 Å². The van der Waals surface area contributed by atoms with Crippen LogP contribution in [0.5, 0.6) is 0 Å². The summed E-state index contributed by atoms with van der Waals surface area (Å²) in [6.07, 6.45) is 2.17. The fourth-order valence-corrected chi connectivity index (χ4v) is 4.59. The van der Waals surface area contributed by atoms with Crippen LogP contribution in [0.4, 0.5) is 8.78 Å². The highest BCUT2D eigenvalue weighted by molar-refractivity contribution is 6.31. The van der Waals surface area contributed by atoms with Gasteiger partial charge in [0.05, 0.1) is 18.2 Å². The molecule has 2 aromatic heterocycles. The van der Waals surface area contributed by atoms with Crippen molar-refractivity contribution in [2.75, 3.05) is 26.3 Å². The maximum Gasteiger partial charge on any atom is 0.268 e. The molecule has 33 heavy (non-hydrogen) atoms. The zero-order valence-electron chi connectivity index (χ0n) is 17.5. The van der Waals surface area contributed by atoms with Crippen molar-refractivity contribution in [2.45, 2.75) is 18.9 Å². The standard InChI is InChI=1S/C23H21ClF2N4O3/c24-15-5-14-7-18(28-20(14)27-9-15)21(31)29-19(6-13-1-2-16(25)8-17(13)26)22(32)30-4-3-23(10-30)11-33-12-23/h1-2,5,7-9,19H,3-4,6,10-12H2,(H,27,28)(H,29,31)/t19-/m0/s1. The Balaban J connectivity index is 1.39. The number of benzene rings is 1. The highest BCUT2D eigenvalue weighted by Crippen LogP contribution is 2.37. The predicted molar refractivity (Wildman–Crippen MR) is 117 cm³/mol. The lowest BCUT2D eigenvalue weighted by Crippen LogP contribution is -2.51. The third-order valence-corrected chi connectivity index (χ3v) is 6.50. The second kappa shape index (κ2) is 8.39. The van der Waals surface area contributed by atoms with Crippen LogP contribution < -0.4 is 5.32 Å². The Bertz CT molecular complexity index is 1240. The predicted octanol–water partition coefficient (Wildman–Crippen LogP) is 3.08. The second-order valence-corrected chi connectivity index (χ2v) is 9.18. The number of hydrogen-bond donors (Lipinski definition) is 2. The van der Waals surface area contributed by atoms with Gasteiger partial charge in [-0.2, -0.15) is 0 Å². The molecular weight excluding hydrogens is 454 g/mol. The number of hydrogen-bond acceptors (Lipinski definition) is 4. The number of likely N-dealkylation sites (tertiary alicyclic amines) is 1. The van der Waals surface area contributed by atoms with E-state index in [0.29, 0.717) is 42.4 Å². The molecule has 1 atom stereocenters. The summed E-state index contributed by atoms with van der Waals surface area (Å²) >= 11 is 5.96. The minimum absolute atomic E-state index is 0.0343. The number of aromatic nitrogens is 2. The van der Waals surface area contributed by atoms with Crippen LogP contribution in [0.3, 0.4) is 0 Å². The molecule has 2 fully saturated rings. The molecule has 0 saturated carbocycles. The van der Waals surface area contributed by atoms with E-state index in [1.807, 2.05) is 0 Å². The summed E-state index contributed by atoms with van der Waals surface area (Å²) in [6.45, 7) is 2.27. The highest BCUT2D eigenvalue weighted by Gasteiger charge is 2.46. The summed E-state index contributed by atoms with van der Waals surface area (Å²) in [5, 5.41) is 3.80. The zero-order chi connectivity index (χ0) is 23.2. The van der Waals surface area contributed by atoms with Gasteiger partial charge < -0.3 is 19.9 Å². The number of rotatable bonds is 5. The first kappa shape index (κ1) is 21.8. The largest absolute Gasteiger partial charge is 0.380 e. The number of carbonyl (C=O) groups is 2. The van der Waals surface area contributed by atoms with Gasteiger partial charge in [0.15, 0.2) is 0 Å². The Kier molecular flexibility index (Phi) is 5.54. The van der Waals surface area contributed by atoms with Gasteiger partial charge in [-0.25, -0.2) is 13.8 Å². The number of ether oxygens (including phenoxy) is 1. The number of fused-ring (bicyclic) bond motifs is 1. The number of pyridine rings is 1. The van der Waals surface area contributed by atoms with Crippen molar-refractivity contribution in [3.8, 4) is 0 Å². The van der Waals surface area contributed by atoms with Crippen LogP contribution in [0.25, 0.3) is 11.0 Å². The second-order valence-electron chi connectivity index (χ2n) is 8.74. The topological polar surface area (TPSA) is 87.3 Å². The van der Waals surface area contributed by atoms with Crippen molar-refractivity contribution in [3.05, 3.63) is 64.4 Å². The van der Waals surface area contributed by atoms with Gasteiger partial charge in [0.25, 0.3) is 5.91 Å². The van der Waals surface area contributed by atoms with Crippen LogP contribution in [0.15, 0.2) is 36.5 Å². The van der Waals surface area contributed by atoms with Crippen molar-refractivity contribution in [1.29, 1.82) is 0 Å². The molecule has 2 aliphatic heterocycles. The fourth-order valence-electron chi connectivity index (χ4n) is 4.42. The smallest absolute Gasteiger partial charge is 0.268 e. The van der Waals surface area contributed by atoms with Gasteiger partial charge in [-0.15, -0.1) is 0 Å². The molecule has 10 heteroatoms. The van der Waals surface area contributed by atoms with Gasteiger partial charge in [-0.3, -0.25) is 9.59 Å². The average molecular weight is 475 g/mol. The van der Waals surface area contributed by atoms with Gasteiger partial charge in [0, 0.05) is 42.6 Å². The van der Waals surface area contributed by atoms with E-state index in [9.17, 15) is 18.4 Å². The average Bonchev–Trinajstić information content (AvgIpc) is 3.39. The molecule has 0 unspecified atom stereocenters. The molecule has 7 nitrogen and oxygen atoms in total. The molecule has 2 aliphatic rings. The van der Waals surface area contributed by atoms with E-state index in [4.69, 9.17) is 16.3 Å². The number of halogens is 3. The van der Waals surface area contributed by atoms with Gasteiger partial charge in [-0.1, -0.05) is 17.7 Å². The Morgan fingerprint density at radius 2 is 2.09 bits per heavy atom. The SMILES string of the molecule is O=C(N[C@@H](Cc1ccc(F)cc1F)C(=O)N1CCC2(COC2)C1)c1cc2cc(Cl)cnc2[nH]1. The monoisotopic (exact) mass is 474 g/mol. The lowest BCUT2D eigenvalue weighted by Gasteiger charge is -2.37. The summed E-state index contributed by atoms with van der Waals surface area (Å²) in [5.74, 6) is -2.32. The van der Waals surface area contributed by atoms with Gasteiger partial charge in [0.1, 0.15) is 29.0 Å². The van der Waals surface area contributed by atoms with Gasteiger partial charge in [0.2, 0.25) is 5.91 Å². The van der Waals surface area contributed by atoms with Crippen LogP contribution in [-0.4, -0.2) is 59.0 Å². The highest BCUT2D eigenvalue weighted by atomic mass is 35.5. The number of nitrogens with zero attached hydrogens (tertiary/aromatic N) is 2. The maximum atomic E-state index is 14.4. The van der Waals surface area contributed by atoms with Crippen molar-refractivity contribution >= 4 is 34.4 Å². The first-order valence-corrected chi connectivity index (χ1v) is 11.0. The number of H-pyrrole nitrogens is 1. The number of amides is 2. The molecule has 2 N–H and O–H groups in total. The van der Waals surface area contributed by atoms with E-state index in [2.05, 4.69) is 15.3 Å². The van der Waals surface area contributed by atoms with Gasteiger partial charge in [-0.05, 0) is 30.2 Å². The van der Waals surface area contributed by atoms with Crippen LogP contribution >= 0.6 is 11.6 Å². The molecule has 0 aliphatic carbocycles. The molecule has 0 bridgehead atoms. The minimum Gasteiger partial charge on any atom is -0.380 e. The summed E-state index contributed by atoms with van der Waals surface area (Å²) in [4.78, 5) is 35.1. The summed E-state index contributed by atoms with van der Waals surface area (Å²) in [5.41, 5.74) is 0.778. The van der Waals surface area contributed by atoms with Crippen molar-refractivity contribution in [2.24, 2.45) is 5.41 Å². The number of nitrogens with one attached hydrogen (secondary N) is 2. The Morgan fingerprint density at radius 1 is 1.27 bits per heavy atom. The van der Waals surface area contributed by atoms with Crippen molar-refractivity contribution < 1.29 is 23.1 Å². The molecule has 1 spiro atoms. The van der Waals surface area contributed by atoms with E-state index in [0.717, 1.165) is 18.6 Å². The molecule has 2 amide bonds. The summed E-state index contributed by atoms with van der Waals surface area (Å²) in [6, 6.07) is 5.40.